The van der Waals surface area contributed by atoms with Gasteiger partial charge in [0.25, 0.3) is 5.71 Å². The first-order valence-corrected chi connectivity index (χ1v) is 8.38. The van der Waals surface area contributed by atoms with Crippen molar-refractivity contribution in [3.05, 3.63) is 58.8 Å². The number of methoxy groups -OCH3 is 1. The first-order chi connectivity index (χ1) is 12.7. The molecule has 0 amide bonds. The summed E-state index contributed by atoms with van der Waals surface area (Å²) in [4.78, 5) is 8.46. The minimum Gasteiger partial charge on any atom is -0.495 e. The second-order valence-corrected chi connectivity index (χ2v) is 6.26. The van der Waals surface area contributed by atoms with Crippen LogP contribution in [0.5, 0.6) is 5.75 Å². The molecule has 2 heterocycles. The number of nitrogens with zero attached hydrogens (tertiary/aromatic N) is 3. The maximum Gasteiger partial charge on any atom is 0.263 e. The van der Waals surface area contributed by atoms with Crippen LogP contribution in [0.1, 0.15) is 0 Å². The third-order valence-electron chi connectivity index (χ3n) is 3.79. The van der Waals surface area contributed by atoms with E-state index in [9.17, 15) is 0 Å². The fourth-order valence-electron chi connectivity index (χ4n) is 2.60. The highest BCUT2D eigenvalue weighted by Crippen LogP contribution is 2.35. The van der Waals surface area contributed by atoms with Gasteiger partial charge in [0, 0.05) is 16.3 Å². The molecule has 0 aliphatic heterocycles. The molecule has 0 bridgehead atoms. The van der Waals surface area contributed by atoms with Gasteiger partial charge in [0.2, 0.25) is 0 Å². The molecule has 2 aromatic carbocycles. The molecule has 2 aromatic heterocycles. The summed E-state index contributed by atoms with van der Waals surface area (Å²) >= 11 is 12.3. The molecule has 0 spiro atoms. The molecule has 6 nitrogen and oxygen atoms in total. The number of halogens is 2. The summed E-state index contributed by atoms with van der Waals surface area (Å²) < 4.78 is 10.5. The van der Waals surface area contributed by atoms with Crippen LogP contribution in [0, 0.1) is 0 Å². The Hall–Kier alpha value is -2.83. The fourth-order valence-corrected chi connectivity index (χ4v) is 3.04. The molecular formula is C18H12Cl2N4O2. The Morgan fingerprint density at radius 1 is 1.08 bits per heavy atom. The SMILES string of the molecule is COc1ccc(Nc2ncnc3onc(-c4cccc(Cl)c4)c23)cc1Cl. The predicted octanol–water partition coefficient (Wildman–Crippen LogP) is 5.34. The first kappa shape index (κ1) is 16.6. The largest absolute Gasteiger partial charge is 0.495 e. The van der Waals surface area contributed by atoms with Crippen molar-refractivity contribution in [2.24, 2.45) is 0 Å². The Balaban J connectivity index is 1.80. The average Bonchev–Trinajstić information content (AvgIpc) is 3.07. The Labute approximate surface area is 158 Å². The number of benzene rings is 2. The number of hydrogen-bond donors (Lipinski definition) is 1. The van der Waals surface area contributed by atoms with Gasteiger partial charge in [-0.1, -0.05) is 40.5 Å². The number of hydrogen-bond acceptors (Lipinski definition) is 6. The van der Waals surface area contributed by atoms with Crippen molar-refractivity contribution < 1.29 is 9.26 Å². The van der Waals surface area contributed by atoms with Crippen LogP contribution in [0.15, 0.2) is 53.3 Å². The zero-order chi connectivity index (χ0) is 18.1. The van der Waals surface area contributed by atoms with Crippen molar-refractivity contribution in [1.29, 1.82) is 0 Å². The highest BCUT2D eigenvalue weighted by Gasteiger charge is 2.17. The molecule has 8 heteroatoms. The highest BCUT2D eigenvalue weighted by molar-refractivity contribution is 6.32. The second-order valence-electron chi connectivity index (χ2n) is 5.42. The third-order valence-corrected chi connectivity index (χ3v) is 4.32. The van der Waals surface area contributed by atoms with E-state index in [4.69, 9.17) is 32.5 Å². The molecule has 0 aliphatic carbocycles. The fraction of sp³-hybridized carbons (Fsp3) is 0.0556. The molecule has 0 saturated heterocycles. The molecule has 26 heavy (non-hydrogen) atoms. The predicted molar refractivity (Wildman–Crippen MR) is 101 cm³/mol. The van der Waals surface area contributed by atoms with Crippen molar-refractivity contribution in [2.45, 2.75) is 0 Å². The lowest BCUT2D eigenvalue weighted by atomic mass is 10.1. The van der Waals surface area contributed by atoms with Crippen LogP contribution in [-0.2, 0) is 0 Å². The molecule has 0 atom stereocenters. The maximum absolute atomic E-state index is 6.19. The molecule has 0 radical (unpaired) electrons. The van der Waals surface area contributed by atoms with Gasteiger partial charge in [-0.15, -0.1) is 0 Å². The van der Waals surface area contributed by atoms with E-state index in [0.717, 1.165) is 11.3 Å². The summed E-state index contributed by atoms with van der Waals surface area (Å²) in [5, 5.41) is 9.10. The lowest BCUT2D eigenvalue weighted by molar-refractivity contribution is 0.415. The first-order valence-electron chi connectivity index (χ1n) is 7.62. The van der Waals surface area contributed by atoms with Gasteiger partial charge >= 0.3 is 0 Å². The van der Waals surface area contributed by atoms with E-state index in [0.29, 0.717) is 38.4 Å². The lowest BCUT2D eigenvalue weighted by Gasteiger charge is -2.09. The Kier molecular flexibility index (Phi) is 4.36. The van der Waals surface area contributed by atoms with Gasteiger partial charge in [0.05, 0.1) is 12.1 Å². The van der Waals surface area contributed by atoms with Crippen LogP contribution in [0.25, 0.3) is 22.4 Å². The molecule has 0 aliphatic rings. The lowest BCUT2D eigenvalue weighted by Crippen LogP contribution is -1.96. The smallest absolute Gasteiger partial charge is 0.263 e. The Morgan fingerprint density at radius 2 is 1.96 bits per heavy atom. The van der Waals surface area contributed by atoms with Gasteiger partial charge in [-0.05, 0) is 30.3 Å². The summed E-state index contributed by atoms with van der Waals surface area (Å²) in [6.07, 6.45) is 1.41. The quantitative estimate of drug-likeness (QED) is 0.509. The van der Waals surface area contributed by atoms with Gasteiger partial charge in [-0.2, -0.15) is 4.98 Å². The van der Waals surface area contributed by atoms with E-state index < -0.39 is 0 Å². The van der Waals surface area contributed by atoms with Gasteiger partial charge in [0.15, 0.2) is 0 Å². The molecule has 0 fully saturated rings. The van der Waals surface area contributed by atoms with Crippen molar-refractivity contribution in [3.8, 4) is 17.0 Å². The minimum atomic E-state index is 0.372. The molecule has 4 aromatic rings. The molecule has 0 unspecified atom stereocenters. The zero-order valence-corrected chi connectivity index (χ0v) is 15.0. The van der Waals surface area contributed by atoms with Crippen LogP contribution in [-0.4, -0.2) is 22.2 Å². The van der Waals surface area contributed by atoms with Crippen LogP contribution >= 0.6 is 23.2 Å². The van der Waals surface area contributed by atoms with E-state index >= 15 is 0 Å². The Bertz CT molecular complexity index is 1100. The van der Waals surface area contributed by atoms with Gasteiger partial charge < -0.3 is 14.6 Å². The van der Waals surface area contributed by atoms with E-state index in [1.165, 1.54) is 6.33 Å². The number of fused-ring (bicyclic) bond motifs is 1. The third kappa shape index (κ3) is 3.05. The van der Waals surface area contributed by atoms with E-state index in [1.54, 1.807) is 31.4 Å². The van der Waals surface area contributed by atoms with Crippen molar-refractivity contribution in [3.63, 3.8) is 0 Å². The maximum atomic E-state index is 6.19. The molecular weight excluding hydrogens is 375 g/mol. The van der Waals surface area contributed by atoms with Crippen molar-refractivity contribution >= 4 is 45.8 Å². The van der Waals surface area contributed by atoms with Crippen LogP contribution < -0.4 is 10.1 Å². The van der Waals surface area contributed by atoms with Gasteiger partial charge in [0.1, 0.15) is 29.0 Å². The van der Waals surface area contributed by atoms with Crippen molar-refractivity contribution in [1.82, 2.24) is 15.1 Å². The van der Waals surface area contributed by atoms with Gasteiger partial charge in [-0.25, -0.2) is 4.98 Å². The molecule has 4 rings (SSSR count). The normalized spacial score (nSPS) is 10.9. The van der Waals surface area contributed by atoms with Crippen molar-refractivity contribution in [2.75, 3.05) is 12.4 Å². The summed E-state index contributed by atoms with van der Waals surface area (Å²) in [6.45, 7) is 0. The Morgan fingerprint density at radius 3 is 2.73 bits per heavy atom. The number of ether oxygens (including phenoxy) is 1. The molecule has 1 N–H and O–H groups in total. The number of rotatable bonds is 4. The van der Waals surface area contributed by atoms with E-state index in [1.807, 2.05) is 18.2 Å². The van der Waals surface area contributed by atoms with Crippen LogP contribution in [0.4, 0.5) is 11.5 Å². The minimum absolute atomic E-state index is 0.372. The summed E-state index contributed by atoms with van der Waals surface area (Å²) in [7, 11) is 1.57. The second kappa shape index (κ2) is 6.82. The molecule has 0 saturated carbocycles. The monoisotopic (exact) mass is 386 g/mol. The number of nitrogens with one attached hydrogen (secondary N) is 1. The van der Waals surface area contributed by atoms with E-state index in [2.05, 4.69) is 20.4 Å². The van der Waals surface area contributed by atoms with Crippen LogP contribution in [0.2, 0.25) is 10.0 Å². The topological polar surface area (TPSA) is 73.1 Å². The molecule has 130 valence electrons. The summed E-state index contributed by atoms with van der Waals surface area (Å²) in [5.74, 6) is 1.14. The van der Waals surface area contributed by atoms with Crippen LogP contribution in [0.3, 0.4) is 0 Å². The number of aromatic nitrogens is 3. The zero-order valence-electron chi connectivity index (χ0n) is 13.5. The standard InChI is InChI=1S/C18H12Cl2N4O2/c1-25-14-6-5-12(8-13(14)20)23-17-15-16(10-3-2-4-11(19)7-10)24-26-18(15)22-9-21-17/h2-9H,1H3,(H,21,22,23). The summed E-state index contributed by atoms with van der Waals surface area (Å²) in [5.41, 5.74) is 2.53. The highest BCUT2D eigenvalue weighted by atomic mass is 35.5. The van der Waals surface area contributed by atoms with Gasteiger partial charge in [-0.3, -0.25) is 0 Å². The van der Waals surface area contributed by atoms with E-state index in [-0.39, 0.29) is 0 Å². The number of anilines is 2. The summed E-state index contributed by atoms with van der Waals surface area (Å²) in [6, 6.07) is 12.7. The average molecular weight is 387 g/mol.